The number of hydrogen-bond acceptors (Lipinski definition) is 3. The molecule has 0 radical (unpaired) electrons. The summed E-state index contributed by atoms with van der Waals surface area (Å²) in [6.07, 6.45) is 7.08. The molecule has 1 saturated carbocycles. The minimum absolute atomic E-state index is 0.629. The second kappa shape index (κ2) is 7.61. The summed E-state index contributed by atoms with van der Waals surface area (Å²) in [5.74, 6) is 0.645. The first-order chi connectivity index (χ1) is 9.28. The molecule has 1 fully saturated rings. The maximum atomic E-state index is 5.70. The van der Waals surface area contributed by atoms with E-state index in [2.05, 4.69) is 36.3 Å². The maximum Gasteiger partial charge on any atom is 0.0887 e. The molecule has 1 heterocycles. The van der Waals surface area contributed by atoms with Crippen LogP contribution < -0.4 is 5.32 Å². The molecule has 1 unspecified atom stereocenters. The van der Waals surface area contributed by atoms with Crippen molar-refractivity contribution < 1.29 is 4.74 Å². The summed E-state index contributed by atoms with van der Waals surface area (Å²) in [5, 5.41) is 3.49. The van der Waals surface area contributed by atoms with Crippen molar-refractivity contribution in [3.63, 3.8) is 0 Å². The molecule has 3 heteroatoms. The monoisotopic (exact) mass is 262 g/mol. The van der Waals surface area contributed by atoms with E-state index in [1.165, 1.54) is 31.2 Å². The van der Waals surface area contributed by atoms with E-state index >= 15 is 0 Å². The Hall–Kier alpha value is -0.930. The third-order valence-corrected chi connectivity index (χ3v) is 3.49. The molecule has 2 rings (SSSR count). The second-order valence-corrected chi connectivity index (χ2v) is 5.72. The Morgan fingerprint density at radius 1 is 1.42 bits per heavy atom. The van der Waals surface area contributed by atoms with Gasteiger partial charge in [0, 0.05) is 25.4 Å². The van der Waals surface area contributed by atoms with Crippen molar-refractivity contribution in [1.29, 1.82) is 0 Å². The van der Waals surface area contributed by atoms with Crippen molar-refractivity contribution in [2.24, 2.45) is 5.92 Å². The molecular formula is C16H26N2O. The Bertz CT molecular complexity index is 360. The van der Waals surface area contributed by atoms with Crippen molar-refractivity contribution >= 4 is 0 Å². The van der Waals surface area contributed by atoms with Crippen LogP contribution in [0.25, 0.3) is 0 Å². The fraction of sp³-hybridized carbons (Fsp3) is 0.688. The second-order valence-electron chi connectivity index (χ2n) is 5.72. The fourth-order valence-electron chi connectivity index (χ4n) is 2.14. The van der Waals surface area contributed by atoms with Crippen LogP contribution in [0.3, 0.4) is 0 Å². The highest BCUT2D eigenvalue weighted by molar-refractivity contribution is 5.13. The zero-order valence-corrected chi connectivity index (χ0v) is 12.2. The van der Waals surface area contributed by atoms with Gasteiger partial charge >= 0.3 is 0 Å². The number of nitrogens with one attached hydrogen (secondary N) is 1. The summed E-state index contributed by atoms with van der Waals surface area (Å²) >= 11 is 0. The van der Waals surface area contributed by atoms with Gasteiger partial charge in [0.05, 0.1) is 12.3 Å². The first-order valence-corrected chi connectivity index (χ1v) is 7.53. The summed E-state index contributed by atoms with van der Waals surface area (Å²) in [5.41, 5.74) is 2.29. The maximum absolute atomic E-state index is 5.70. The lowest BCUT2D eigenvalue weighted by Gasteiger charge is -2.10. The zero-order valence-electron chi connectivity index (χ0n) is 12.2. The third-order valence-electron chi connectivity index (χ3n) is 3.49. The largest absolute Gasteiger partial charge is 0.375 e. The molecule has 0 saturated heterocycles. The number of ether oxygens (including phenoxy) is 1. The Morgan fingerprint density at radius 3 is 2.89 bits per heavy atom. The molecule has 1 N–H and O–H groups in total. The van der Waals surface area contributed by atoms with Crippen LogP contribution in [-0.4, -0.2) is 17.6 Å². The summed E-state index contributed by atoms with van der Waals surface area (Å²) < 4.78 is 5.70. The Morgan fingerprint density at radius 2 is 2.26 bits per heavy atom. The van der Waals surface area contributed by atoms with Crippen LogP contribution in [0.2, 0.25) is 0 Å². The summed E-state index contributed by atoms with van der Waals surface area (Å²) in [6.45, 7) is 6.85. The zero-order chi connectivity index (χ0) is 13.5. The summed E-state index contributed by atoms with van der Waals surface area (Å²) in [7, 11) is 0. The Balaban J connectivity index is 1.65. The van der Waals surface area contributed by atoms with E-state index in [0.29, 0.717) is 12.5 Å². The lowest BCUT2D eigenvalue weighted by atomic mass is 10.1. The minimum atomic E-state index is 0.629. The van der Waals surface area contributed by atoms with E-state index in [1.54, 1.807) is 0 Å². The van der Waals surface area contributed by atoms with Crippen LogP contribution in [0.5, 0.6) is 0 Å². The molecule has 0 amide bonds. The van der Waals surface area contributed by atoms with Gasteiger partial charge in [0.1, 0.15) is 0 Å². The number of hydrogen-bond donors (Lipinski definition) is 1. The molecule has 3 nitrogen and oxygen atoms in total. The highest BCUT2D eigenvalue weighted by Crippen LogP contribution is 2.19. The van der Waals surface area contributed by atoms with Crippen molar-refractivity contribution in [3.05, 3.63) is 29.6 Å². The third kappa shape index (κ3) is 5.70. The predicted molar refractivity (Wildman–Crippen MR) is 77.8 cm³/mol. The average Bonchev–Trinajstić information content (AvgIpc) is 3.22. The summed E-state index contributed by atoms with van der Waals surface area (Å²) in [4.78, 5) is 4.45. The van der Waals surface area contributed by atoms with E-state index < -0.39 is 0 Å². The van der Waals surface area contributed by atoms with Gasteiger partial charge in [-0.3, -0.25) is 4.98 Å². The van der Waals surface area contributed by atoms with Gasteiger partial charge < -0.3 is 10.1 Å². The van der Waals surface area contributed by atoms with Crippen molar-refractivity contribution in [2.45, 2.75) is 58.7 Å². The molecule has 19 heavy (non-hydrogen) atoms. The van der Waals surface area contributed by atoms with Gasteiger partial charge in [-0.05, 0) is 36.8 Å². The number of pyridine rings is 1. The van der Waals surface area contributed by atoms with Gasteiger partial charge in [0.25, 0.3) is 0 Å². The van der Waals surface area contributed by atoms with Crippen LogP contribution in [-0.2, 0) is 17.9 Å². The first-order valence-electron chi connectivity index (χ1n) is 7.53. The highest BCUT2D eigenvalue weighted by Gasteiger charge is 2.19. The van der Waals surface area contributed by atoms with Crippen molar-refractivity contribution in [3.8, 4) is 0 Å². The Labute approximate surface area is 116 Å². The first kappa shape index (κ1) is 14.5. The van der Waals surface area contributed by atoms with E-state index in [1.807, 2.05) is 6.20 Å². The number of aromatic nitrogens is 1. The van der Waals surface area contributed by atoms with Crippen molar-refractivity contribution in [1.82, 2.24) is 10.3 Å². The quantitative estimate of drug-likeness (QED) is 0.741. The molecule has 1 aliphatic carbocycles. The van der Waals surface area contributed by atoms with Crippen LogP contribution in [0.15, 0.2) is 18.3 Å². The minimum Gasteiger partial charge on any atom is -0.375 e. The standard InChI is InChI=1S/C16H26N2O/c1-3-4-13(2)11-19-12-16-6-5-14(10-18-16)9-17-15-7-8-15/h5-6,10,13,15,17H,3-4,7-9,11-12H2,1-2H3. The van der Waals surface area contributed by atoms with E-state index in [4.69, 9.17) is 4.74 Å². The molecule has 0 spiro atoms. The van der Waals surface area contributed by atoms with Crippen LogP contribution >= 0.6 is 0 Å². The molecule has 1 atom stereocenters. The van der Waals surface area contributed by atoms with Crippen LogP contribution in [0.4, 0.5) is 0 Å². The van der Waals surface area contributed by atoms with Gasteiger partial charge in [-0.2, -0.15) is 0 Å². The highest BCUT2D eigenvalue weighted by atomic mass is 16.5. The molecule has 1 aromatic rings. The number of rotatable bonds is 9. The molecule has 0 aliphatic heterocycles. The number of nitrogens with zero attached hydrogens (tertiary/aromatic N) is 1. The van der Waals surface area contributed by atoms with Crippen molar-refractivity contribution in [2.75, 3.05) is 6.61 Å². The molecule has 1 aliphatic rings. The molecule has 0 aromatic carbocycles. The SMILES string of the molecule is CCCC(C)COCc1ccc(CNC2CC2)cn1. The topological polar surface area (TPSA) is 34.1 Å². The van der Waals surface area contributed by atoms with Crippen LogP contribution in [0, 0.1) is 5.92 Å². The van der Waals surface area contributed by atoms with Gasteiger partial charge in [-0.1, -0.05) is 26.3 Å². The lowest BCUT2D eigenvalue weighted by molar-refractivity contribution is 0.0872. The normalized spacial score (nSPS) is 16.5. The molecule has 1 aromatic heterocycles. The van der Waals surface area contributed by atoms with E-state index in [9.17, 15) is 0 Å². The molecular weight excluding hydrogens is 236 g/mol. The van der Waals surface area contributed by atoms with E-state index in [0.717, 1.165) is 24.9 Å². The smallest absolute Gasteiger partial charge is 0.0887 e. The lowest BCUT2D eigenvalue weighted by Crippen LogP contribution is -2.15. The molecule has 0 bridgehead atoms. The Kier molecular flexibility index (Phi) is 5.80. The fourth-order valence-corrected chi connectivity index (χ4v) is 2.14. The molecule has 106 valence electrons. The van der Waals surface area contributed by atoms with Gasteiger partial charge in [0.15, 0.2) is 0 Å². The van der Waals surface area contributed by atoms with E-state index in [-0.39, 0.29) is 0 Å². The van der Waals surface area contributed by atoms with Crippen LogP contribution in [0.1, 0.15) is 50.8 Å². The van der Waals surface area contributed by atoms with Gasteiger partial charge in [0.2, 0.25) is 0 Å². The summed E-state index contributed by atoms with van der Waals surface area (Å²) in [6, 6.07) is 4.98. The predicted octanol–water partition coefficient (Wildman–Crippen LogP) is 3.29. The average molecular weight is 262 g/mol. The van der Waals surface area contributed by atoms with Gasteiger partial charge in [-0.25, -0.2) is 0 Å². The van der Waals surface area contributed by atoms with Gasteiger partial charge in [-0.15, -0.1) is 0 Å².